The molecule has 1 aliphatic rings. The summed E-state index contributed by atoms with van der Waals surface area (Å²) in [6.07, 6.45) is 4.11. The van der Waals surface area contributed by atoms with E-state index in [4.69, 9.17) is 4.74 Å². The molecular weight excluding hydrogens is 206 g/mol. The van der Waals surface area contributed by atoms with Crippen LogP contribution in [0.2, 0.25) is 0 Å². The lowest BCUT2D eigenvalue weighted by molar-refractivity contribution is 0.124. The molecule has 0 aliphatic heterocycles. The fourth-order valence-corrected chi connectivity index (χ4v) is 3.45. The van der Waals surface area contributed by atoms with Gasteiger partial charge in [-0.05, 0) is 32.4 Å². The Bertz CT molecular complexity index is 166. The number of hydrogen-bond donors (Lipinski definition) is 1. The molecule has 0 bridgehead atoms. The van der Waals surface area contributed by atoms with Crippen molar-refractivity contribution in [2.24, 2.45) is 0 Å². The smallest absolute Gasteiger partial charge is 0.0616 e. The van der Waals surface area contributed by atoms with E-state index < -0.39 is 0 Å². The van der Waals surface area contributed by atoms with Gasteiger partial charge < -0.3 is 10.1 Å². The highest BCUT2D eigenvalue weighted by Crippen LogP contribution is 2.30. The monoisotopic (exact) mass is 231 g/mol. The minimum absolute atomic E-state index is 0.494. The zero-order valence-corrected chi connectivity index (χ0v) is 11.1. The molecule has 3 heteroatoms. The SMILES string of the molecule is CCOCC(C)NC1CCCC1SCC. The molecule has 0 amide bonds. The summed E-state index contributed by atoms with van der Waals surface area (Å²) in [5.41, 5.74) is 0. The van der Waals surface area contributed by atoms with Gasteiger partial charge in [0.15, 0.2) is 0 Å². The molecule has 1 saturated carbocycles. The third-order valence-corrected chi connectivity index (χ3v) is 4.23. The first kappa shape index (κ1) is 13.3. The average Bonchev–Trinajstić information content (AvgIpc) is 2.63. The summed E-state index contributed by atoms with van der Waals surface area (Å²) in [4.78, 5) is 0. The van der Waals surface area contributed by atoms with Gasteiger partial charge in [-0.3, -0.25) is 0 Å². The molecule has 0 heterocycles. The summed E-state index contributed by atoms with van der Waals surface area (Å²) >= 11 is 2.11. The van der Waals surface area contributed by atoms with Crippen LogP contribution in [0, 0.1) is 0 Å². The molecule has 90 valence electrons. The quantitative estimate of drug-likeness (QED) is 0.728. The second-order valence-electron chi connectivity index (χ2n) is 4.26. The highest BCUT2D eigenvalue weighted by atomic mass is 32.2. The molecule has 1 rings (SSSR count). The molecule has 3 atom stereocenters. The van der Waals surface area contributed by atoms with Crippen LogP contribution >= 0.6 is 11.8 Å². The van der Waals surface area contributed by atoms with E-state index in [-0.39, 0.29) is 0 Å². The summed E-state index contributed by atoms with van der Waals surface area (Å²) in [6.45, 7) is 8.20. The molecule has 2 nitrogen and oxygen atoms in total. The van der Waals surface area contributed by atoms with Gasteiger partial charge in [0.1, 0.15) is 0 Å². The molecule has 0 spiro atoms. The van der Waals surface area contributed by atoms with Crippen molar-refractivity contribution in [1.82, 2.24) is 5.32 Å². The van der Waals surface area contributed by atoms with Crippen LogP contribution in [0.4, 0.5) is 0 Å². The van der Waals surface area contributed by atoms with Gasteiger partial charge in [-0.15, -0.1) is 0 Å². The van der Waals surface area contributed by atoms with Crippen molar-refractivity contribution in [1.29, 1.82) is 0 Å². The molecule has 0 aromatic carbocycles. The van der Waals surface area contributed by atoms with E-state index in [0.29, 0.717) is 12.1 Å². The van der Waals surface area contributed by atoms with Gasteiger partial charge in [-0.25, -0.2) is 0 Å². The van der Waals surface area contributed by atoms with E-state index in [2.05, 4.69) is 37.8 Å². The van der Waals surface area contributed by atoms with E-state index >= 15 is 0 Å². The summed E-state index contributed by atoms with van der Waals surface area (Å²) in [5, 5.41) is 4.54. The van der Waals surface area contributed by atoms with Gasteiger partial charge in [0.2, 0.25) is 0 Å². The predicted octanol–water partition coefficient (Wildman–Crippen LogP) is 2.68. The van der Waals surface area contributed by atoms with Crippen LogP contribution in [0.25, 0.3) is 0 Å². The fourth-order valence-electron chi connectivity index (χ4n) is 2.24. The Morgan fingerprint density at radius 2 is 2.20 bits per heavy atom. The maximum absolute atomic E-state index is 5.43. The maximum Gasteiger partial charge on any atom is 0.0616 e. The lowest BCUT2D eigenvalue weighted by Gasteiger charge is -2.24. The lowest BCUT2D eigenvalue weighted by atomic mass is 10.2. The Morgan fingerprint density at radius 3 is 2.87 bits per heavy atom. The fraction of sp³-hybridized carbons (Fsp3) is 1.00. The lowest BCUT2D eigenvalue weighted by Crippen LogP contribution is -2.42. The number of thioether (sulfide) groups is 1. The van der Waals surface area contributed by atoms with E-state index in [1.165, 1.54) is 25.0 Å². The Hall–Kier alpha value is 0.270. The normalized spacial score (nSPS) is 28.2. The van der Waals surface area contributed by atoms with E-state index in [1.807, 2.05) is 0 Å². The second kappa shape index (κ2) is 7.53. The molecule has 0 aromatic rings. The predicted molar refractivity (Wildman–Crippen MR) is 68.6 cm³/mol. The molecule has 0 radical (unpaired) electrons. The van der Waals surface area contributed by atoms with Crippen LogP contribution < -0.4 is 5.32 Å². The van der Waals surface area contributed by atoms with Gasteiger partial charge in [0, 0.05) is 23.9 Å². The summed E-state index contributed by atoms with van der Waals surface area (Å²) < 4.78 is 5.43. The maximum atomic E-state index is 5.43. The number of hydrogen-bond acceptors (Lipinski definition) is 3. The van der Waals surface area contributed by atoms with Gasteiger partial charge in [0.25, 0.3) is 0 Å². The largest absolute Gasteiger partial charge is 0.380 e. The van der Waals surface area contributed by atoms with Crippen LogP contribution in [-0.4, -0.2) is 36.3 Å². The molecule has 0 saturated heterocycles. The van der Waals surface area contributed by atoms with Crippen molar-refractivity contribution in [3.05, 3.63) is 0 Å². The molecule has 1 N–H and O–H groups in total. The van der Waals surface area contributed by atoms with Crippen molar-refractivity contribution < 1.29 is 4.74 Å². The molecule has 3 unspecified atom stereocenters. The molecule has 1 fully saturated rings. The van der Waals surface area contributed by atoms with E-state index in [9.17, 15) is 0 Å². The van der Waals surface area contributed by atoms with Gasteiger partial charge in [-0.1, -0.05) is 13.3 Å². The van der Waals surface area contributed by atoms with Crippen molar-refractivity contribution >= 4 is 11.8 Å². The minimum atomic E-state index is 0.494. The van der Waals surface area contributed by atoms with Crippen LogP contribution in [0.3, 0.4) is 0 Å². The van der Waals surface area contributed by atoms with Crippen LogP contribution in [0.15, 0.2) is 0 Å². The van der Waals surface area contributed by atoms with Crippen LogP contribution in [0.5, 0.6) is 0 Å². The molecule has 0 aromatic heterocycles. The zero-order valence-electron chi connectivity index (χ0n) is 10.3. The standard InChI is InChI=1S/C12H25NOS/c1-4-14-9-10(3)13-11-7-6-8-12(11)15-5-2/h10-13H,4-9H2,1-3H3. The third kappa shape index (κ3) is 4.75. The van der Waals surface area contributed by atoms with E-state index in [0.717, 1.165) is 18.5 Å². The average molecular weight is 231 g/mol. The first-order valence-electron chi connectivity index (χ1n) is 6.23. The zero-order chi connectivity index (χ0) is 11.1. The number of nitrogens with one attached hydrogen (secondary N) is 1. The van der Waals surface area contributed by atoms with Crippen molar-refractivity contribution in [3.63, 3.8) is 0 Å². The minimum Gasteiger partial charge on any atom is -0.380 e. The van der Waals surface area contributed by atoms with Gasteiger partial charge in [0.05, 0.1) is 6.61 Å². The Morgan fingerprint density at radius 1 is 1.40 bits per heavy atom. The summed E-state index contributed by atoms with van der Waals surface area (Å²) in [7, 11) is 0. The highest BCUT2D eigenvalue weighted by Gasteiger charge is 2.27. The Kier molecular flexibility index (Phi) is 6.69. The molecular formula is C12H25NOS. The first-order chi connectivity index (χ1) is 7.27. The molecule has 15 heavy (non-hydrogen) atoms. The van der Waals surface area contributed by atoms with E-state index in [1.54, 1.807) is 0 Å². The third-order valence-electron chi connectivity index (χ3n) is 2.90. The van der Waals surface area contributed by atoms with Crippen molar-refractivity contribution in [2.45, 2.75) is 57.4 Å². The first-order valence-corrected chi connectivity index (χ1v) is 7.28. The Balaban J connectivity index is 2.23. The van der Waals surface area contributed by atoms with Crippen LogP contribution in [0.1, 0.15) is 40.0 Å². The topological polar surface area (TPSA) is 21.3 Å². The summed E-state index contributed by atoms with van der Waals surface area (Å²) in [6, 6.07) is 1.21. The molecule has 1 aliphatic carbocycles. The number of ether oxygens (including phenoxy) is 1. The van der Waals surface area contributed by atoms with Crippen molar-refractivity contribution in [2.75, 3.05) is 19.0 Å². The number of rotatable bonds is 7. The summed E-state index contributed by atoms with van der Waals surface area (Å²) in [5.74, 6) is 1.24. The van der Waals surface area contributed by atoms with Crippen molar-refractivity contribution in [3.8, 4) is 0 Å². The second-order valence-corrected chi connectivity index (χ2v) is 5.77. The highest BCUT2D eigenvalue weighted by molar-refractivity contribution is 7.99. The Labute approximate surface area is 98.5 Å². The van der Waals surface area contributed by atoms with Gasteiger partial charge >= 0.3 is 0 Å². The van der Waals surface area contributed by atoms with Crippen LogP contribution in [-0.2, 0) is 4.74 Å². The van der Waals surface area contributed by atoms with Gasteiger partial charge in [-0.2, -0.15) is 11.8 Å².